The number of aryl methyl sites for hydroxylation is 1. The Morgan fingerprint density at radius 1 is 0.640 bits per heavy atom. The monoisotopic (exact) mass is 718 g/mol. The van der Waals surface area contributed by atoms with Gasteiger partial charge in [0.2, 0.25) is 0 Å². The Labute approximate surface area is 290 Å². The van der Waals surface area contributed by atoms with Crippen LogP contribution in [-0.2, 0) is 36.3 Å². The molecule has 14 heteroatoms. The molecule has 5 heterocycles. The second-order valence-electron chi connectivity index (χ2n) is 11.7. The summed E-state index contributed by atoms with van der Waals surface area (Å²) in [7, 11) is -2.41. The molecule has 2 aliphatic heterocycles. The summed E-state index contributed by atoms with van der Waals surface area (Å²) in [6, 6.07) is 20.7. The van der Waals surface area contributed by atoms with Gasteiger partial charge in [-0.1, -0.05) is 29.8 Å². The summed E-state index contributed by atoms with van der Waals surface area (Å²) in [5.41, 5.74) is 10.7. The van der Waals surface area contributed by atoms with Gasteiger partial charge in [-0.25, -0.2) is 19.1 Å². The number of rotatable bonds is 14. The van der Waals surface area contributed by atoms with E-state index in [9.17, 15) is 9.13 Å². The average Bonchev–Trinajstić information content (AvgIpc) is 3.96. The predicted octanol–water partition coefficient (Wildman–Crippen LogP) is 9.33. The van der Waals surface area contributed by atoms with E-state index in [1.807, 2.05) is 48.6 Å². The Morgan fingerprint density at radius 3 is 1.54 bits per heavy atom. The molecule has 12 nitrogen and oxygen atoms in total. The normalized spacial score (nSPS) is 13.1. The van der Waals surface area contributed by atoms with Crippen LogP contribution in [0, 0.1) is 6.92 Å². The molecule has 50 heavy (non-hydrogen) atoms. The molecule has 0 saturated carbocycles. The summed E-state index contributed by atoms with van der Waals surface area (Å²) in [5, 5.41) is 0. The minimum atomic E-state index is -3.73. The number of benzene rings is 1. The highest BCUT2D eigenvalue weighted by Gasteiger charge is 2.28. The molecule has 0 radical (unpaired) electrons. The third-order valence-corrected chi connectivity index (χ3v) is 11.3. The van der Waals surface area contributed by atoms with Crippen molar-refractivity contribution in [1.82, 2.24) is 19.9 Å². The topological polar surface area (TPSA) is 147 Å². The molecule has 8 bridgehead atoms. The van der Waals surface area contributed by atoms with E-state index in [-0.39, 0.29) is 19.1 Å². The third-order valence-electron chi connectivity index (χ3n) is 8.51. The Bertz CT molecular complexity index is 2030. The maximum atomic E-state index is 12.7. The summed E-state index contributed by atoms with van der Waals surface area (Å²) >= 11 is 0. The Morgan fingerprint density at radius 2 is 1.10 bits per heavy atom. The molecule has 0 aliphatic carbocycles. The van der Waals surface area contributed by atoms with Gasteiger partial charge in [0, 0.05) is 61.6 Å². The molecule has 3 aromatic heterocycles. The van der Waals surface area contributed by atoms with Gasteiger partial charge in [-0.2, -0.15) is 0 Å². The van der Waals surface area contributed by atoms with Crippen LogP contribution in [0.4, 0.5) is 0 Å². The summed E-state index contributed by atoms with van der Waals surface area (Å²) < 4.78 is 56.5. The zero-order valence-corrected chi connectivity index (χ0v) is 30.3. The first-order chi connectivity index (χ1) is 24.1. The summed E-state index contributed by atoms with van der Waals surface area (Å²) in [6.07, 6.45) is 8.50. The van der Waals surface area contributed by atoms with Crippen molar-refractivity contribution in [3.05, 3.63) is 94.6 Å². The summed E-state index contributed by atoms with van der Waals surface area (Å²) in [5.74, 6) is -0.315. The van der Waals surface area contributed by atoms with E-state index in [4.69, 9.17) is 37.1 Å². The molecule has 262 valence electrons. The molecule has 4 aromatic rings. The number of aromatic nitrogens is 4. The van der Waals surface area contributed by atoms with E-state index in [0.717, 1.165) is 50.1 Å². The Kier molecular flexibility index (Phi) is 11.1. The largest absolute Gasteiger partial charge is 0.474 e. The Hall–Kier alpha value is -3.96. The van der Waals surface area contributed by atoms with Crippen LogP contribution in [0.1, 0.15) is 52.7 Å². The van der Waals surface area contributed by atoms with Gasteiger partial charge in [0.15, 0.2) is 0 Å². The third kappa shape index (κ3) is 8.15. The fourth-order valence-electron chi connectivity index (χ4n) is 5.95. The van der Waals surface area contributed by atoms with Gasteiger partial charge in [0.05, 0.1) is 36.0 Å². The van der Waals surface area contributed by atoms with Crippen LogP contribution in [0.25, 0.3) is 57.5 Å². The smallest absolute Gasteiger partial charge is 0.355 e. The van der Waals surface area contributed by atoms with Gasteiger partial charge in [-0.3, -0.25) is 27.1 Å². The van der Waals surface area contributed by atoms with Crippen LogP contribution < -0.4 is 0 Å². The number of fused-ring (bicyclic) bond motifs is 8. The van der Waals surface area contributed by atoms with Crippen molar-refractivity contribution in [1.29, 1.82) is 0 Å². The van der Waals surface area contributed by atoms with E-state index in [0.29, 0.717) is 24.2 Å². The maximum Gasteiger partial charge on any atom is 0.474 e. The number of H-pyrrole nitrogens is 2. The molecule has 0 atom stereocenters. The van der Waals surface area contributed by atoms with Gasteiger partial charge in [0.1, 0.15) is 0 Å². The van der Waals surface area contributed by atoms with Crippen LogP contribution in [0.3, 0.4) is 0 Å². The minimum Gasteiger partial charge on any atom is -0.355 e. The van der Waals surface area contributed by atoms with Crippen LogP contribution in [0.2, 0.25) is 0 Å². The highest BCUT2D eigenvalue weighted by Crippen LogP contribution is 2.49. The van der Waals surface area contributed by atoms with Crippen molar-refractivity contribution in [2.75, 3.05) is 41.7 Å². The fraction of sp³-hybridized carbons (Fsp3) is 0.278. The number of nitrogens with one attached hydrogen (secondary N) is 2. The van der Waals surface area contributed by atoms with Gasteiger partial charge < -0.3 is 9.97 Å². The molecule has 0 unspecified atom stereocenters. The van der Waals surface area contributed by atoms with Crippen molar-refractivity contribution < 1.29 is 36.3 Å². The first kappa shape index (κ1) is 35.9. The molecule has 0 fully saturated rings. The molecule has 0 amide bonds. The van der Waals surface area contributed by atoms with E-state index in [1.165, 1.54) is 34.0 Å². The van der Waals surface area contributed by atoms with Gasteiger partial charge in [0.25, 0.3) is 0 Å². The SMILES string of the molecule is COP(=O)(OC)OCCC(CCOP(=O)(OC)OC)c1c2nc(cc3ccc([nH]3)c(-c3ccc(C)cc3)c3ccc(cc4nc1C=C4)[nH]3)C=C2. The zero-order chi connectivity index (χ0) is 35.3. The van der Waals surface area contributed by atoms with Crippen molar-refractivity contribution in [3.63, 3.8) is 0 Å². The van der Waals surface area contributed by atoms with E-state index < -0.39 is 15.6 Å². The number of phosphoric ester groups is 2. The lowest BCUT2D eigenvalue weighted by Gasteiger charge is -2.21. The summed E-state index contributed by atoms with van der Waals surface area (Å²) in [6.45, 7) is 2.12. The van der Waals surface area contributed by atoms with E-state index in [1.54, 1.807) is 0 Å². The van der Waals surface area contributed by atoms with E-state index in [2.05, 4.69) is 53.3 Å². The minimum absolute atomic E-state index is 0.0229. The van der Waals surface area contributed by atoms with Gasteiger partial charge in [-0.05, 0) is 91.9 Å². The number of hydrogen-bond donors (Lipinski definition) is 2. The molecule has 2 aliphatic rings. The number of aromatic amines is 2. The maximum absolute atomic E-state index is 12.7. The molecular weight excluding hydrogens is 678 g/mol. The van der Waals surface area contributed by atoms with E-state index >= 15 is 0 Å². The van der Waals surface area contributed by atoms with Crippen LogP contribution in [-0.4, -0.2) is 61.6 Å². The standard InChI is InChI=1S/C36H40N4O8P2/c1-24-6-8-25(9-7-24)35-31-14-10-27(37-31)22-29-12-16-33(39-29)36(34-17-13-30(40-34)23-28-11-15-32(35)38-28)26(18-20-47-49(41,43-2)44-3)19-21-48-50(42,45-4)46-5/h6-17,22-23,26,37-38H,18-21H2,1-5H3. The van der Waals surface area contributed by atoms with Crippen molar-refractivity contribution in [2.24, 2.45) is 0 Å². The molecule has 0 saturated heterocycles. The van der Waals surface area contributed by atoms with Crippen LogP contribution in [0.15, 0.2) is 60.7 Å². The van der Waals surface area contributed by atoms with Gasteiger partial charge >= 0.3 is 15.6 Å². The first-order valence-electron chi connectivity index (χ1n) is 16.0. The number of hydrogen-bond acceptors (Lipinski definition) is 10. The second-order valence-corrected chi connectivity index (χ2v) is 15.4. The lowest BCUT2D eigenvalue weighted by Crippen LogP contribution is -2.11. The predicted molar refractivity (Wildman–Crippen MR) is 196 cm³/mol. The lowest BCUT2D eigenvalue weighted by atomic mass is 9.90. The van der Waals surface area contributed by atoms with Crippen molar-refractivity contribution >= 4 is 62.0 Å². The zero-order valence-electron chi connectivity index (χ0n) is 28.5. The Balaban J connectivity index is 1.51. The van der Waals surface area contributed by atoms with Crippen molar-refractivity contribution in [3.8, 4) is 11.1 Å². The molecule has 6 rings (SSSR count). The van der Waals surface area contributed by atoms with Crippen LogP contribution >= 0.6 is 15.6 Å². The molecule has 1 aromatic carbocycles. The number of phosphoric acid groups is 2. The highest BCUT2D eigenvalue weighted by molar-refractivity contribution is 7.48. The van der Waals surface area contributed by atoms with Crippen LogP contribution in [0.5, 0.6) is 0 Å². The first-order valence-corrected chi connectivity index (χ1v) is 19.0. The summed E-state index contributed by atoms with van der Waals surface area (Å²) in [4.78, 5) is 17.2. The highest BCUT2D eigenvalue weighted by atomic mass is 31.2. The lowest BCUT2D eigenvalue weighted by molar-refractivity contribution is 0.138. The van der Waals surface area contributed by atoms with Gasteiger partial charge in [-0.15, -0.1) is 0 Å². The average molecular weight is 719 g/mol. The number of nitrogens with zero attached hydrogens (tertiary/aromatic N) is 2. The molecule has 2 N–H and O–H groups in total. The molecule has 0 spiro atoms. The fourth-order valence-corrected chi connectivity index (χ4v) is 7.33. The molecular formula is C36H40N4O8P2. The second kappa shape index (κ2) is 15.5. The van der Waals surface area contributed by atoms with Crippen molar-refractivity contribution in [2.45, 2.75) is 25.7 Å². The quantitative estimate of drug-likeness (QED) is 0.104.